The van der Waals surface area contributed by atoms with Gasteiger partial charge in [0.15, 0.2) is 23.7 Å². The highest BCUT2D eigenvalue weighted by atomic mass is 16.7. The second kappa shape index (κ2) is 3.97. The monoisotopic (exact) mass is 311 g/mol. The van der Waals surface area contributed by atoms with Crippen molar-refractivity contribution >= 4 is 0 Å². The van der Waals surface area contributed by atoms with Crippen molar-refractivity contribution in [3.63, 3.8) is 0 Å². The number of nitrogens with zero attached hydrogens (tertiary/aromatic N) is 1. The minimum Gasteiger partial charge on any atom is -0.497 e. The van der Waals surface area contributed by atoms with Gasteiger partial charge in [0, 0.05) is 24.0 Å². The molecule has 1 fully saturated rings. The van der Waals surface area contributed by atoms with Crippen molar-refractivity contribution in [2.75, 3.05) is 7.11 Å². The summed E-state index contributed by atoms with van der Waals surface area (Å²) in [5.74, 6) is 2.16. The number of pyridine rings is 1. The first kappa shape index (κ1) is 13.2. The zero-order valence-electron chi connectivity index (χ0n) is 13.2. The molecule has 5 rings (SSSR count). The maximum absolute atomic E-state index is 6.43. The van der Waals surface area contributed by atoms with E-state index in [1.165, 1.54) is 0 Å². The fraction of sp³-hybridized carbons (Fsp3) is 0.389. The van der Waals surface area contributed by atoms with Crippen LogP contribution in [0.4, 0.5) is 0 Å². The Kier molecular flexibility index (Phi) is 2.28. The highest BCUT2D eigenvalue weighted by molar-refractivity contribution is 5.52. The quantitative estimate of drug-likeness (QED) is 0.810. The van der Waals surface area contributed by atoms with E-state index < -0.39 is 11.2 Å². The predicted octanol–water partition coefficient (Wildman–Crippen LogP) is 2.77. The summed E-state index contributed by atoms with van der Waals surface area (Å²) in [4.78, 5) is 4.26. The molecule has 1 saturated heterocycles. The number of benzene rings is 1. The molecule has 0 aliphatic carbocycles. The van der Waals surface area contributed by atoms with Crippen LogP contribution in [0.2, 0.25) is 0 Å². The molecular weight excluding hydrogens is 294 g/mol. The van der Waals surface area contributed by atoms with Gasteiger partial charge in [0.25, 0.3) is 0 Å². The molecule has 3 aliphatic heterocycles. The summed E-state index contributed by atoms with van der Waals surface area (Å²) in [5.41, 5.74) is 1.12. The average Bonchev–Trinajstić information content (AvgIpc) is 2.96. The summed E-state index contributed by atoms with van der Waals surface area (Å²) in [7, 11) is 1.64. The number of rotatable bonds is 1. The third-order valence-electron chi connectivity index (χ3n) is 5.33. The first-order chi connectivity index (χ1) is 11.1. The Morgan fingerprint density at radius 1 is 1.00 bits per heavy atom. The van der Waals surface area contributed by atoms with Gasteiger partial charge in [-0.1, -0.05) is 0 Å². The normalized spacial score (nSPS) is 35.6. The summed E-state index contributed by atoms with van der Waals surface area (Å²) in [6.45, 7) is 4.12. The Morgan fingerprint density at radius 3 is 2.52 bits per heavy atom. The lowest BCUT2D eigenvalue weighted by Gasteiger charge is -2.41. The number of hydrogen-bond donors (Lipinski definition) is 0. The molecule has 1 aromatic heterocycles. The molecule has 0 radical (unpaired) electrons. The van der Waals surface area contributed by atoms with Crippen LogP contribution < -0.4 is 14.2 Å². The molecular formula is C18H17NO4. The molecule has 2 bridgehead atoms. The zero-order chi connectivity index (χ0) is 15.8. The van der Waals surface area contributed by atoms with E-state index in [0.717, 1.165) is 22.6 Å². The molecule has 5 heteroatoms. The molecule has 1 aromatic carbocycles. The predicted molar refractivity (Wildman–Crippen MR) is 81.9 cm³/mol. The van der Waals surface area contributed by atoms with Crippen LogP contribution in [0, 0.1) is 0 Å². The minimum absolute atomic E-state index is 0.204. The van der Waals surface area contributed by atoms with E-state index >= 15 is 0 Å². The first-order valence-electron chi connectivity index (χ1n) is 7.73. The lowest BCUT2D eigenvalue weighted by Crippen LogP contribution is -2.53. The molecule has 23 heavy (non-hydrogen) atoms. The molecule has 3 aliphatic rings. The maximum Gasteiger partial charge on any atom is 0.172 e. The van der Waals surface area contributed by atoms with E-state index in [-0.39, 0.29) is 12.2 Å². The summed E-state index contributed by atoms with van der Waals surface area (Å²) < 4.78 is 24.3. The van der Waals surface area contributed by atoms with E-state index in [1.54, 1.807) is 13.3 Å². The van der Waals surface area contributed by atoms with Crippen molar-refractivity contribution in [2.24, 2.45) is 0 Å². The topological polar surface area (TPSA) is 49.8 Å². The molecule has 2 aromatic rings. The van der Waals surface area contributed by atoms with Gasteiger partial charge in [-0.2, -0.15) is 0 Å². The molecule has 0 amide bonds. The van der Waals surface area contributed by atoms with Crippen LogP contribution in [0.5, 0.6) is 17.2 Å². The summed E-state index contributed by atoms with van der Waals surface area (Å²) in [6, 6.07) is 7.63. The van der Waals surface area contributed by atoms with Crippen molar-refractivity contribution in [3.05, 3.63) is 47.8 Å². The van der Waals surface area contributed by atoms with E-state index in [1.807, 2.05) is 30.5 Å². The molecule has 4 unspecified atom stereocenters. The number of fused-ring (bicyclic) bond motifs is 9. The summed E-state index contributed by atoms with van der Waals surface area (Å²) in [6.07, 6.45) is 3.27. The Balaban J connectivity index is 1.66. The largest absolute Gasteiger partial charge is 0.497 e. The number of ether oxygens (including phenoxy) is 4. The number of methoxy groups -OCH3 is 1. The first-order valence-corrected chi connectivity index (χ1v) is 7.73. The Labute approximate surface area is 134 Å². The van der Waals surface area contributed by atoms with Gasteiger partial charge < -0.3 is 18.9 Å². The van der Waals surface area contributed by atoms with Crippen LogP contribution in [-0.4, -0.2) is 24.3 Å². The molecule has 4 atom stereocenters. The van der Waals surface area contributed by atoms with Gasteiger partial charge in [-0.3, -0.25) is 4.98 Å². The Morgan fingerprint density at radius 2 is 1.74 bits per heavy atom. The average molecular weight is 311 g/mol. The van der Waals surface area contributed by atoms with Gasteiger partial charge in [0.2, 0.25) is 0 Å². The Hall–Kier alpha value is -2.27. The van der Waals surface area contributed by atoms with Gasteiger partial charge in [0.1, 0.15) is 17.0 Å². The fourth-order valence-corrected chi connectivity index (χ4v) is 4.20. The SMILES string of the molecule is COc1ccc2c(c1)OC1C(O2)C2(C)OC1(C)c1ccncc12. The van der Waals surface area contributed by atoms with Gasteiger partial charge in [-0.15, -0.1) is 0 Å². The van der Waals surface area contributed by atoms with Crippen molar-refractivity contribution in [1.82, 2.24) is 4.98 Å². The van der Waals surface area contributed by atoms with Crippen LogP contribution in [0.15, 0.2) is 36.7 Å². The maximum atomic E-state index is 6.43. The molecule has 4 heterocycles. The van der Waals surface area contributed by atoms with Gasteiger partial charge >= 0.3 is 0 Å². The van der Waals surface area contributed by atoms with Crippen molar-refractivity contribution in [3.8, 4) is 17.2 Å². The lowest BCUT2D eigenvalue weighted by atomic mass is 9.75. The van der Waals surface area contributed by atoms with E-state index in [2.05, 4.69) is 18.8 Å². The molecule has 0 N–H and O–H groups in total. The smallest absolute Gasteiger partial charge is 0.172 e. The zero-order valence-corrected chi connectivity index (χ0v) is 13.2. The van der Waals surface area contributed by atoms with Crippen LogP contribution >= 0.6 is 0 Å². The van der Waals surface area contributed by atoms with Crippen molar-refractivity contribution in [2.45, 2.75) is 37.3 Å². The van der Waals surface area contributed by atoms with Crippen LogP contribution in [-0.2, 0) is 15.9 Å². The second-order valence-corrected chi connectivity index (χ2v) is 6.63. The summed E-state index contributed by atoms with van der Waals surface area (Å²) in [5, 5.41) is 0. The fourth-order valence-electron chi connectivity index (χ4n) is 4.20. The third-order valence-corrected chi connectivity index (χ3v) is 5.33. The van der Waals surface area contributed by atoms with Gasteiger partial charge in [0.05, 0.1) is 7.11 Å². The van der Waals surface area contributed by atoms with E-state index in [9.17, 15) is 0 Å². The lowest BCUT2D eigenvalue weighted by molar-refractivity contribution is -0.0916. The van der Waals surface area contributed by atoms with Crippen molar-refractivity contribution < 1.29 is 18.9 Å². The molecule has 5 nitrogen and oxygen atoms in total. The minimum atomic E-state index is -0.555. The van der Waals surface area contributed by atoms with Crippen LogP contribution in [0.1, 0.15) is 25.0 Å². The van der Waals surface area contributed by atoms with E-state index in [4.69, 9.17) is 18.9 Å². The molecule has 0 saturated carbocycles. The Bertz CT molecular complexity index is 822. The summed E-state index contributed by atoms with van der Waals surface area (Å²) >= 11 is 0. The van der Waals surface area contributed by atoms with Gasteiger partial charge in [-0.05, 0) is 37.6 Å². The van der Waals surface area contributed by atoms with E-state index in [0.29, 0.717) is 5.75 Å². The third kappa shape index (κ3) is 1.44. The van der Waals surface area contributed by atoms with Crippen LogP contribution in [0.3, 0.4) is 0 Å². The number of hydrogen-bond acceptors (Lipinski definition) is 5. The van der Waals surface area contributed by atoms with Crippen molar-refractivity contribution in [1.29, 1.82) is 0 Å². The second-order valence-electron chi connectivity index (χ2n) is 6.63. The molecule has 118 valence electrons. The molecule has 0 spiro atoms. The standard InChI is InChI=1S/C18H17NO4/c1-17-11-6-7-19-9-12(11)18(2,23-17)16-15(17)22-14-8-10(20-3)4-5-13(14)21-16/h4-9,15-16H,1-3H3. The highest BCUT2D eigenvalue weighted by Gasteiger charge is 2.70. The van der Waals surface area contributed by atoms with Crippen LogP contribution in [0.25, 0.3) is 0 Å². The van der Waals surface area contributed by atoms with Gasteiger partial charge in [-0.25, -0.2) is 0 Å². The highest BCUT2D eigenvalue weighted by Crippen LogP contribution is 2.61. The number of aromatic nitrogens is 1.